The number of halogens is 1. The number of nitrogens with one attached hydrogen (secondary N) is 2. The lowest BCUT2D eigenvalue weighted by molar-refractivity contribution is -0.121. The van der Waals surface area contributed by atoms with Gasteiger partial charge in [-0.2, -0.15) is 0 Å². The van der Waals surface area contributed by atoms with Crippen molar-refractivity contribution in [1.29, 1.82) is 0 Å². The highest BCUT2D eigenvalue weighted by Gasteiger charge is 2.61. The highest BCUT2D eigenvalue weighted by atomic mass is 35.5. The average molecular weight is 736 g/mol. The van der Waals surface area contributed by atoms with Crippen LogP contribution < -0.4 is 29.6 Å². The van der Waals surface area contributed by atoms with Crippen molar-refractivity contribution in [2.24, 2.45) is 5.92 Å². The number of ketones is 2. The van der Waals surface area contributed by atoms with Crippen LogP contribution in [0.25, 0.3) is 10.2 Å². The molecule has 0 saturated carbocycles. The summed E-state index contributed by atoms with van der Waals surface area (Å²) in [5, 5.41) is 28.1. The molecule has 2 aliphatic rings. The number of methoxy groups -OCH3 is 3. The zero-order valence-corrected chi connectivity index (χ0v) is 29.6. The van der Waals surface area contributed by atoms with Gasteiger partial charge in [-0.05, 0) is 29.8 Å². The number of aliphatic hydroxyl groups is 1. The molecular formula is C36H34ClN3O10S. The number of aromatic nitrogens is 1. The molecule has 6 rings (SSSR count). The van der Waals surface area contributed by atoms with Crippen molar-refractivity contribution >= 4 is 56.5 Å². The molecule has 0 fully saturated rings. The quantitative estimate of drug-likeness (QED) is 0.150. The van der Waals surface area contributed by atoms with Crippen LogP contribution in [0.3, 0.4) is 0 Å². The number of phenols is 1. The molecule has 0 bridgehead atoms. The van der Waals surface area contributed by atoms with Gasteiger partial charge in [-0.15, -0.1) is 11.3 Å². The Hall–Kier alpha value is -5.34. The minimum atomic E-state index is -2.07. The normalized spacial score (nSPS) is 18.7. The van der Waals surface area contributed by atoms with E-state index < -0.39 is 46.6 Å². The summed E-state index contributed by atoms with van der Waals surface area (Å²) in [4.78, 5) is 58.7. The summed E-state index contributed by atoms with van der Waals surface area (Å²) < 4.78 is 23.2. The predicted molar refractivity (Wildman–Crippen MR) is 188 cm³/mol. The van der Waals surface area contributed by atoms with Crippen LogP contribution in [-0.2, 0) is 9.59 Å². The van der Waals surface area contributed by atoms with Crippen LogP contribution in [0.5, 0.6) is 28.7 Å². The van der Waals surface area contributed by atoms with Crippen LogP contribution in [0.1, 0.15) is 51.4 Å². The van der Waals surface area contributed by atoms with Crippen molar-refractivity contribution in [1.82, 2.24) is 15.6 Å². The van der Waals surface area contributed by atoms with Crippen LogP contribution in [0.4, 0.5) is 0 Å². The molecule has 2 heterocycles. The largest absolute Gasteiger partial charge is 0.507 e. The zero-order valence-electron chi connectivity index (χ0n) is 28.0. The fourth-order valence-electron chi connectivity index (χ4n) is 6.52. The molecule has 3 aromatic carbocycles. The molecule has 1 unspecified atom stereocenters. The Morgan fingerprint density at radius 2 is 1.73 bits per heavy atom. The van der Waals surface area contributed by atoms with Crippen LogP contribution in [-0.4, -0.2) is 78.6 Å². The predicted octanol–water partition coefficient (Wildman–Crippen LogP) is 5.14. The summed E-state index contributed by atoms with van der Waals surface area (Å²) in [5.41, 5.74) is -1.27. The standard InChI is InChI=1S/C36H34ClN3O10S/c1-17-13-22(42)28(32(44)36(17)33(45)29-24(48-3)16-25(49-4)30(37)31(29)50-36)19(18-9-10-21(41)23(14-18)47-2)15-27(43)38-11-12-39-34(46)35-40-20-7-5-6-8-26(20)51-35/h5-10,14,16-17,19,41,44H,11-13,15H2,1-4H3,(H,38,43)(H,39,46)/t17-,19?,36+/m1/s1. The molecule has 4 N–H and O–H groups in total. The van der Waals surface area contributed by atoms with Gasteiger partial charge in [-0.1, -0.05) is 36.7 Å². The SMILES string of the molecule is COc1cc(C(CC(=O)NCCNC(=O)c2nc3ccccc3s2)C2=C(O)[C@@]3(Oc4c(Cl)c(OC)cc(OC)c4C3=O)[C@H](C)CC2=O)ccc1O. The number of Topliss-reactive ketones (excluding diaryl/α,β-unsaturated/α-hetero) is 2. The third-order valence-electron chi connectivity index (χ3n) is 9.08. The van der Waals surface area contributed by atoms with E-state index in [1.54, 1.807) is 6.92 Å². The molecule has 1 aromatic heterocycles. The number of rotatable bonds is 11. The van der Waals surface area contributed by atoms with E-state index in [0.29, 0.717) is 11.1 Å². The number of allylic oxidation sites excluding steroid dienone is 1. The van der Waals surface area contributed by atoms with E-state index in [2.05, 4.69) is 15.6 Å². The lowest BCUT2D eigenvalue weighted by atomic mass is 9.69. The number of carbonyl (C=O) groups is 4. The lowest BCUT2D eigenvalue weighted by Crippen LogP contribution is -2.53. The van der Waals surface area contributed by atoms with Crippen LogP contribution in [0.2, 0.25) is 5.02 Å². The maximum Gasteiger partial charge on any atom is 0.280 e. The Morgan fingerprint density at radius 3 is 2.43 bits per heavy atom. The third kappa shape index (κ3) is 6.18. The number of fused-ring (bicyclic) bond motifs is 2. The number of hydrogen-bond acceptors (Lipinski definition) is 12. The molecule has 0 saturated heterocycles. The van der Waals surface area contributed by atoms with Gasteiger partial charge in [0.25, 0.3) is 5.91 Å². The second-order valence-electron chi connectivity index (χ2n) is 12.0. The van der Waals surface area contributed by atoms with Crippen LogP contribution in [0.15, 0.2) is 59.9 Å². The van der Waals surface area contributed by atoms with Crippen LogP contribution >= 0.6 is 22.9 Å². The molecule has 266 valence electrons. The van der Waals surface area contributed by atoms with E-state index in [1.807, 2.05) is 24.3 Å². The first-order valence-corrected chi connectivity index (χ1v) is 17.1. The van der Waals surface area contributed by atoms with Gasteiger partial charge in [-0.25, -0.2) is 4.98 Å². The molecule has 13 nitrogen and oxygen atoms in total. The zero-order chi connectivity index (χ0) is 36.6. The highest BCUT2D eigenvalue weighted by molar-refractivity contribution is 7.20. The maximum absolute atomic E-state index is 14.3. The average Bonchev–Trinajstić information content (AvgIpc) is 3.70. The summed E-state index contributed by atoms with van der Waals surface area (Å²) in [6.45, 7) is 1.72. The molecule has 1 aliphatic heterocycles. The van der Waals surface area contributed by atoms with Gasteiger partial charge in [0.1, 0.15) is 22.1 Å². The topological polar surface area (TPSA) is 183 Å². The molecule has 15 heteroatoms. The van der Waals surface area contributed by atoms with E-state index in [-0.39, 0.29) is 75.8 Å². The number of ether oxygens (including phenoxy) is 4. The fourth-order valence-corrected chi connectivity index (χ4v) is 7.66. The summed E-state index contributed by atoms with van der Waals surface area (Å²) in [5.74, 6) is -4.69. The number of hydrogen-bond donors (Lipinski definition) is 4. The molecule has 3 atom stereocenters. The van der Waals surface area contributed by atoms with Gasteiger partial charge < -0.3 is 39.8 Å². The summed E-state index contributed by atoms with van der Waals surface area (Å²) in [6, 6.07) is 13.1. The number of benzene rings is 3. The Bertz CT molecular complexity index is 2080. The molecule has 1 aliphatic carbocycles. The van der Waals surface area contributed by atoms with Crippen molar-refractivity contribution in [3.05, 3.63) is 81.0 Å². The number of nitrogens with zero attached hydrogens (tertiary/aromatic N) is 1. The Morgan fingerprint density at radius 1 is 1.02 bits per heavy atom. The summed E-state index contributed by atoms with van der Waals surface area (Å²) in [6.07, 6.45) is -0.588. The third-order valence-corrected chi connectivity index (χ3v) is 10.5. The van der Waals surface area contributed by atoms with Crippen molar-refractivity contribution in [2.45, 2.75) is 31.3 Å². The lowest BCUT2D eigenvalue weighted by Gasteiger charge is -2.38. The van der Waals surface area contributed by atoms with Crippen molar-refractivity contribution < 1.29 is 48.3 Å². The first-order chi connectivity index (χ1) is 24.4. The summed E-state index contributed by atoms with van der Waals surface area (Å²) in [7, 11) is 4.08. The smallest absolute Gasteiger partial charge is 0.280 e. The number of aliphatic hydroxyl groups excluding tert-OH is 1. The highest BCUT2D eigenvalue weighted by Crippen LogP contribution is 2.56. The van der Waals surface area contributed by atoms with E-state index in [9.17, 15) is 29.4 Å². The molecular weight excluding hydrogens is 702 g/mol. The fraction of sp³-hybridized carbons (Fsp3) is 0.306. The second-order valence-corrected chi connectivity index (χ2v) is 13.4. The van der Waals surface area contributed by atoms with Gasteiger partial charge in [0, 0.05) is 49.4 Å². The Labute approximate surface area is 301 Å². The molecule has 2 amide bonds. The first kappa shape index (κ1) is 35.5. The number of para-hydroxylation sites is 1. The minimum Gasteiger partial charge on any atom is -0.507 e. The van der Waals surface area contributed by atoms with Crippen molar-refractivity contribution in [3.8, 4) is 28.7 Å². The number of thiazole rings is 1. The summed E-state index contributed by atoms with van der Waals surface area (Å²) >= 11 is 7.83. The second kappa shape index (κ2) is 14.1. The van der Waals surface area contributed by atoms with E-state index in [4.69, 9.17) is 30.5 Å². The Kier molecular flexibility index (Phi) is 9.82. The van der Waals surface area contributed by atoms with E-state index in [1.165, 1.54) is 56.9 Å². The molecule has 1 spiro atoms. The van der Waals surface area contributed by atoms with Gasteiger partial charge in [-0.3, -0.25) is 19.2 Å². The van der Waals surface area contributed by atoms with Crippen molar-refractivity contribution in [2.75, 3.05) is 34.4 Å². The van der Waals surface area contributed by atoms with Gasteiger partial charge in [0.15, 0.2) is 33.8 Å². The minimum absolute atomic E-state index is 0.0219. The van der Waals surface area contributed by atoms with Gasteiger partial charge >= 0.3 is 0 Å². The van der Waals surface area contributed by atoms with Gasteiger partial charge in [0.05, 0.1) is 31.5 Å². The van der Waals surface area contributed by atoms with E-state index >= 15 is 0 Å². The number of phenolic OH excluding ortho intramolecular Hbond substituents is 1. The van der Waals surface area contributed by atoms with Gasteiger partial charge in [0.2, 0.25) is 17.3 Å². The number of amides is 2. The first-order valence-electron chi connectivity index (χ1n) is 15.9. The molecule has 4 aromatic rings. The number of carbonyl (C=O) groups excluding carboxylic acids is 4. The van der Waals surface area contributed by atoms with E-state index in [0.717, 1.165) is 4.70 Å². The molecule has 0 radical (unpaired) electrons. The van der Waals surface area contributed by atoms with Crippen molar-refractivity contribution in [3.63, 3.8) is 0 Å². The number of aromatic hydroxyl groups is 1. The monoisotopic (exact) mass is 735 g/mol. The molecule has 51 heavy (non-hydrogen) atoms. The van der Waals surface area contributed by atoms with Crippen LogP contribution in [0, 0.1) is 5.92 Å². The Balaban J connectivity index is 1.30. The maximum atomic E-state index is 14.3.